The molecule has 3 rings (SSSR count). The zero-order valence-corrected chi connectivity index (χ0v) is 21.2. The molecule has 9 nitrogen and oxygen atoms in total. The minimum atomic E-state index is -1.77. The highest BCUT2D eigenvalue weighted by Gasteiger charge is 2.22. The molecule has 2 aromatic rings. The topological polar surface area (TPSA) is 122 Å². The Morgan fingerprint density at radius 2 is 1.85 bits per heavy atom. The van der Waals surface area contributed by atoms with Crippen LogP contribution in [0.2, 0.25) is 29.7 Å². The van der Waals surface area contributed by atoms with Gasteiger partial charge in [0, 0.05) is 6.08 Å². The third-order valence-electron chi connectivity index (χ3n) is 4.39. The number of rotatable bonds is 3. The fraction of sp³-hybridized carbons (Fsp3) is 0.333. The van der Waals surface area contributed by atoms with E-state index in [2.05, 4.69) is 32.1 Å². The molecule has 0 saturated carbocycles. The Balaban J connectivity index is 2.00. The summed E-state index contributed by atoms with van der Waals surface area (Å²) in [6, 6.07) is 2.84. The summed E-state index contributed by atoms with van der Waals surface area (Å²) in [7, 11) is -1.77. The molecule has 174 valence electrons. The molecule has 0 amide bonds. The first-order valence-electron chi connectivity index (χ1n) is 10.0. The predicted octanol–water partition coefficient (Wildman–Crippen LogP) is 2.65. The van der Waals surface area contributed by atoms with Crippen LogP contribution in [0.25, 0.3) is 5.69 Å². The van der Waals surface area contributed by atoms with Gasteiger partial charge >= 0.3 is 5.69 Å². The number of hydrogen-bond acceptors (Lipinski definition) is 7. The molecule has 0 radical (unpaired) electrons. The van der Waals surface area contributed by atoms with Crippen LogP contribution in [0.1, 0.15) is 19.5 Å². The molecule has 0 aliphatic carbocycles. The maximum absolute atomic E-state index is 12.4. The maximum Gasteiger partial charge on any atom is 0.349 e. The third-order valence-corrected chi connectivity index (χ3v) is 5.82. The molecule has 0 bridgehead atoms. The monoisotopic (exact) mass is 507 g/mol. The van der Waals surface area contributed by atoms with Gasteiger partial charge in [-0.2, -0.15) is 4.68 Å². The first-order valence-corrected chi connectivity index (χ1v) is 14.3. The summed E-state index contributed by atoms with van der Waals surface area (Å²) in [5.41, 5.74) is 4.99. The van der Waals surface area contributed by atoms with Crippen LogP contribution >= 0.6 is 23.2 Å². The molecule has 2 heterocycles. The zero-order valence-electron chi connectivity index (χ0n) is 18.7. The maximum atomic E-state index is 12.4. The van der Waals surface area contributed by atoms with Gasteiger partial charge in [0.25, 0.3) is 5.56 Å². The largest absolute Gasteiger partial charge is 0.434 e. The Hall–Kier alpha value is -2.84. The van der Waals surface area contributed by atoms with E-state index in [-0.39, 0.29) is 39.0 Å². The third kappa shape index (κ3) is 5.94. The predicted molar refractivity (Wildman–Crippen MR) is 131 cm³/mol. The van der Waals surface area contributed by atoms with Gasteiger partial charge in [-0.15, -0.1) is 15.7 Å². The SMILES string of the molecule is CC(C)C1=CC(Oc2c(Cl)cc(-n3nc(C#C[Si](C)(C)C)c(=O)[nH]c3=O)cc2Cl)=NNC1O. The van der Waals surface area contributed by atoms with E-state index >= 15 is 0 Å². The summed E-state index contributed by atoms with van der Waals surface area (Å²) < 4.78 is 6.70. The van der Waals surface area contributed by atoms with Gasteiger partial charge in [-0.05, 0) is 29.5 Å². The number of aromatic nitrogens is 3. The molecule has 0 saturated heterocycles. The van der Waals surface area contributed by atoms with E-state index in [4.69, 9.17) is 27.9 Å². The van der Waals surface area contributed by atoms with Crippen LogP contribution in [0.15, 0.2) is 38.5 Å². The van der Waals surface area contributed by atoms with Crippen LogP contribution in [-0.2, 0) is 0 Å². The van der Waals surface area contributed by atoms with Gasteiger partial charge < -0.3 is 9.84 Å². The lowest BCUT2D eigenvalue weighted by Crippen LogP contribution is -2.34. The second-order valence-electron chi connectivity index (χ2n) is 8.64. The Labute approximate surface area is 201 Å². The van der Waals surface area contributed by atoms with Crippen LogP contribution < -0.4 is 21.4 Å². The molecular weight excluding hydrogens is 485 g/mol. The average molecular weight is 508 g/mol. The highest BCUT2D eigenvalue weighted by atomic mass is 35.5. The summed E-state index contributed by atoms with van der Waals surface area (Å²) in [6.07, 6.45) is 0.686. The van der Waals surface area contributed by atoms with Gasteiger partial charge in [-0.25, -0.2) is 4.79 Å². The molecule has 0 fully saturated rings. The van der Waals surface area contributed by atoms with Gasteiger partial charge in [0.15, 0.2) is 17.7 Å². The van der Waals surface area contributed by atoms with E-state index in [9.17, 15) is 14.7 Å². The minimum Gasteiger partial charge on any atom is -0.434 e. The van der Waals surface area contributed by atoms with E-state index in [1.54, 1.807) is 6.08 Å². The number of halogens is 2. The minimum absolute atomic E-state index is 0.0475. The van der Waals surface area contributed by atoms with Crippen LogP contribution in [0.5, 0.6) is 5.75 Å². The van der Waals surface area contributed by atoms with Crippen molar-refractivity contribution in [3.63, 3.8) is 0 Å². The van der Waals surface area contributed by atoms with Crippen molar-refractivity contribution in [2.75, 3.05) is 0 Å². The second-order valence-corrected chi connectivity index (χ2v) is 14.2. The molecule has 33 heavy (non-hydrogen) atoms. The van der Waals surface area contributed by atoms with Crippen molar-refractivity contribution in [2.24, 2.45) is 11.0 Å². The van der Waals surface area contributed by atoms with E-state index in [1.165, 1.54) is 12.1 Å². The molecule has 1 aliphatic rings. The van der Waals surface area contributed by atoms with Gasteiger partial charge in [0.2, 0.25) is 5.90 Å². The second kappa shape index (κ2) is 9.57. The highest BCUT2D eigenvalue weighted by molar-refractivity contribution is 6.83. The average Bonchev–Trinajstić information content (AvgIpc) is 2.70. The summed E-state index contributed by atoms with van der Waals surface area (Å²) in [6.45, 7) is 9.91. The molecule has 12 heteroatoms. The molecule has 1 aromatic carbocycles. The number of aliphatic hydroxyl groups excluding tert-OH is 1. The number of nitrogens with one attached hydrogen (secondary N) is 2. The van der Waals surface area contributed by atoms with Crippen molar-refractivity contribution >= 4 is 37.2 Å². The molecule has 1 aromatic heterocycles. The number of nitrogens with zero attached hydrogens (tertiary/aromatic N) is 3. The number of aliphatic hydroxyl groups is 1. The van der Waals surface area contributed by atoms with E-state index in [0.29, 0.717) is 5.57 Å². The lowest BCUT2D eigenvalue weighted by atomic mass is 10.0. The lowest BCUT2D eigenvalue weighted by Gasteiger charge is -2.23. The Kier molecular flexibility index (Phi) is 7.19. The van der Waals surface area contributed by atoms with Crippen molar-refractivity contribution < 1.29 is 9.84 Å². The van der Waals surface area contributed by atoms with Crippen molar-refractivity contribution in [2.45, 2.75) is 39.7 Å². The molecule has 1 atom stereocenters. The van der Waals surface area contributed by atoms with Gasteiger partial charge in [-0.1, -0.05) is 56.7 Å². The first-order chi connectivity index (χ1) is 15.4. The lowest BCUT2D eigenvalue weighted by molar-refractivity contribution is 0.161. The quantitative estimate of drug-likeness (QED) is 0.433. The fourth-order valence-corrected chi connectivity index (χ4v) is 3.81. The Bertz CT molecular complexity index is 1310. The summed E-state index contributed by atoms with van der Waals surface area (Å²) >= 11 is 12.8. The molecule has 1 aliphatic heterocycles. The van der Waals surface area contributed by atoms with Crippen molar-refractivity contribution in [1.29, 1.82) is 0 Å². The van der Waals surface area contributed by atoms with Crippen molar-refractivity contribution in [3.05, 3.63) is 60.4 Å². The number of aromatic amines is 1. The van der Waals surface area contributed by atoms with E-state index < -0.39 is 25.6 Å². The highest BCUT2D eigenvalue weighted by Crippen LogP contribution is 2.35. The van der Waals surface area contributed by atoms with E-state index in [0.717, 1.165) is 4.68 Å². The van der Waals surface area contributed by atoms with E-state index in [1.807, 2.05) is 33.5 Å². The van der Waals surface area contributed by atoms with Crippen LogP contribution in [0.3, 0.4) is 0 Å². The number of H-pyrrole nitrogens is 1. The number of benzene rings is 1. The summed E-state index contributed by atoms with van der Waals surface area (Å²) in [5.74, 6) is 3.07. The zero-order chi connectivity index (χ0) is 24.5. The van der Waals surface area contributed by atoms with Gasteiger partial charge in [-0.3, -0.25) is 15.2 Å². The molecule has 3 N–H and O–H groups in total. The summed E-state index contributed by atoms with van der Waals surface area (Å²) in [4.78, 5) is 26.7. The van der Waals surface area contributed by atoms with Crippen LogP contribution in [-0.4, -0.2) is 40.1 Å². The van der Waals surface area contributed by atoms with Crippen molar-refractivity contribution in [1.82, 2.24) is 20.2 Å². The Morgan fingerprint density at radius 1 is 1.21 bits per heavy atom. The van der Waals surface area contributed by atoms with Gasteiger partial charge in [0.05, 0.1) is 15.7 Å². The standard InChI is InChI=1S/C21H23Cl2N5O4Si/c1-11(2)13-10-17(25-26-19(13)29)32-18-14(22)8-12(9-15(18)23)28-21(31)24-20(30)16(27-28)6-7-33(3,4)5/h8-11,19,26,29H,1-5H3,(H,24,30,31). The molecule has 0 spiro atoms. The smallest absolute Gasteiger partial charge is 0.349 e. The molecular formula is C21H23Cl2N5O4Si. The fourth-order valence-electron chi connectivity index (χ4n) is 2.76. The first kappa shape index (κ1) is 24.8. The number of hydrogen-bond donors (Lipinski definition) is 3. The van der Waals surface area contributed by atoms with Crippen molar-refractivity contribution in [3.8, 4) is 22.9 Å². The Morgan fingerprint density at radius 3 is 2.42 bits per heavy atom. The molecule has 1 unspecified atom stereocenters. The number of ether oxygens (including phenoxy) is 1. The van der Waals surface area contributed by atoms with Crippen LogP contribution in [0, 0.1) is 17.4 Å². The number of hydrazone groups is 1. The van der Waals surface area contributed by atoms with Crippen LogP contribution in [0.4, 0.5) is 0 Å². The summed E-state index contributed by atoms with van der Waals surface area (Å²) in [5, 5.41) is 18.2. The normalized spacial score (nSPS) is 15.8. The van der Waals surface area contributed by atoms with Gasteiger partial charge in [0.1, 0.15) is 8.07 Å².